The SMILES string of the molecule is CNC(C)C(=O)Nc1cccc(OC)c1. The molecule has 0 aliphatic rings. The summed E-state index contributed by atoms with van der Waals surface area (Å²) >= 11 is 0. The fourth-order valence-electron chi connectivity index (χ4n) is 1.08. The maximum absolute atomic E-state index is 11.5. The van der Waals surface area contributed by atoms with Crippen LogP contribution >= 0.6 is 0 Å². The smallest absolute Gasteiger partial charge is 0.241 e. The minimum Gasteiger partial charge on any atom is -0.497 e. The lowest BCUT2D eigenvalue weighted by Crippen LogP contribution is -2.35. The zero-order valence-corrected chi connectivity index (χ0v) is 9.20. The van der Waals surface area contributed by atoms with Crippen LogP contribution in [0.5, 0.6) is 5.75 Å². The quantitative estimate of drug-likeness (QED) is 0.782. The first-order valence-corrected chi connectivity index (χ1v) is 4.79. The van der Waals surface area contributed by atoms with E-state index in [0.29, 0.717) is 0 Å². The number of anilines is 1. The Bertz CT molecular complexity index is 339. The van der Waals surface area contributed by atoms with Crippen LogP contribution in [0.2, 0.25) is 0 Å². The van der Waals surface area contributed by atoms with Crippen molar-refractivity contribution in [2.24, 2.45) is 0 Å². The number of methoxy groups -OCH3 is 1. The van der Waals surface area contributed by atoms with Crippen molar-refractivity contribution in [1.29, 1.82) is 0 Å². The molecule has 4 nitrogen and oxygen atoms in total. The topological polar surface area (TPSA) is 50.4 Å². The van der Waals surface area contributed by atoms with Crippen LogP contribution in [-0.4, -0.2) is 26.1 Å². The minimum atomic E-state index is -0.212. The fourth-order valence-corrected chi connectivity index (χ4v) is 1.08. The third-order valence-electron chi connectivity index (χ3n) is 2.16. The Balaban J connectivity index is 2.68. The number of carbonyl (C=O) groups excluding carboxylic acids is 1. The Labute approximate surface area is 89.6 Å². The molecule has 0 radical (unpaired) electrons. The Morgan fingerprint density at radius 1 is 1.47 bits per heavy atom. The van der Waals surface area contributed by atoms with E-state index >= 15 is 0 Å². The third kappa shape index (κ3) is 3.25. The molecule has 0 spiro atoms. The molecule has 0 heterocycles. The molecular weight excluding hydrogens is 192 g/mol. The van der Waals surface area contributed by atoms with E-state index in [1.54, 1.807) is 27.1 Å². The van der Waals surface area contributed by atoms with E-state index in [2.05, 4.69) is 10.6 Å². The van der Waals surface area contributed by atoms with Crippen LogP contribution in [-0.2, 0) is 4.79 Å². The Hall–Kier alpha value is -1.55. The molecular formula is C11H16N2O2. The molecule has 1 aromatic carbocycles. The second-order valence-electron chi connectivity index (χ2n) is 3.23. The lowest BCUT2D eigenvalue weighted by molar-refractivity contribution is -0.117. The van der Waals surface area contributed by atoms with Gasteiger partial charge < -0.3 is 15.4 Å². The van der Waals surface area contributed by atoms with Crippen LogP contribution in [0.1, 0.15) is 6.92 Å². The summed E-state index contributed by atoms with van der Waals surface area (Å²) in [6.07, 6.45) is 0. The molecule has 4 heteroatoms. The van der Waals surface area contributed by atoms with Gasteiger partial charge in [0.2, 0.25) is 5.91 Å². The van der Waals surface area contributed by atoms with Gasteiger partial charge in [-0.25, -0.2) is 0 Å². The molecule has 0 saturated carbocycles. The van der Waals surface area contributed by atoms with E-state index in [4.69, 9.17) is 4.74 Å². The molecule has 0 aliphatic heterocycles. The summed E-state index contributed by atoms with van der Waals surface area (Å²) in [7, 11) is 3.34. The number of hydrogen-bond acceptors (Lipinski definition) is 3. The number of nitrogens with one attached hydrogen (secondary N) is 2. The van der Waals surface area contributed by atoms with Crippen LogP contribution < -0.4 is 15.4 Å². The zero-order valence-electron chi connectivity index (χ0n) is 9.20. The first-order chi connectivity index (χ1) is 7.17. The van der Waals surface area contributed by atoms with Crippen molar-refractivity contribution >= 4 is 11.6 Å². The lowest BCUT2D eigenvalue weighted by atomic mass is 10.2. The maximum atomic E-state index is 11.5. The van der Waals surface area contributed by atoms with Crippen molar-refractivity contribution in [2.75, 3.05) is 19.5 Å². The fraction of sp³-hybridized carbons (Fsp3) is 0.364. The van der Waals surface area contributed by atoms with E-state index < -0.39 is 0 Å². The predicted octanol–water partition coefficient (Wildman–Crippen LogP) is 1.24. The number of rotatable bonds is 4. The molecule has 82 valence electrons. The summed E-state index contributed by atoms with van der Waals surface area (Å²) in [5.41, 5.74) is 0.737. The highest BCUT2D eigenvalue weighted by Gasteiger charge is 2.09. The zero-order chi connectivity index (χ0) is 11.3. The third-order valence-corrected chi connectivity index (χ3v) is 2.16. The van der Waals surface area contributed by atoms with Crippen LogP contribution in [0.3, 0.4) is 0 Å². The predicted molar refractivity (Wildman–Crippen MR) is 60.1 cm³/mol. The average molecular weight is 208 g/mol. The molecule has 2 N–H and O–H groups in total. The van der Waals surface area contributed by atoms with Crippen molar-refractivity contribution in [3.05, 3.63) is 24.3 Å². The molecule has 0 bridgehead atoms. The van der Waals surface area contributed by atoms with E-state index in [0.717, 1.165) is 11.4 Å². The Kier molecular flexibility index (Phi) is 4.12. The summed E-state index contributed by atoms with van der Waals surface area (Å²) in [6.45, 7) is 1.80. The van der Waals surface area contributed by atoms with Gasteiger partial charge in [-0.2, -0.15) is 0 Å². The molecule has 1 atom stereocenters. The number of carbonyl (C=O) groups is 1. The average Bonchev–Trinajstić information content (AvgIpc) is 2.28. The second kappa shape index (κ2) is 5.36. The van der Waals surface area contributed by atoms with Crippen molar-refractivity contribution < 1.29 is 9.53 Å². The summed E-state index contributed by atoms with van der Waals surface area (Å²) in [4.78, 5) is 11.5. The van der Waals surface area contributed by atoms with Gasteiger partial charge in [0.05, 0.1) is 13.2 Å². The van der Waals surface area contributed by atoms with Crippen LogP contribution in [0.25, 0.3) is 0 Å². The van der Waals surface area contributed by atoms with Crippen molar-refractivity contribution in [2.45, 2.75) is 13.0 Å². The van der Waals surface area contributed by atoms with Crippen LogP contribution in [0.15, 0.2) is 24.3 Å². The van der Waals surface area contributed by atoms with E-state index in [1.165, 1.54) is 0 Å². The maximum Gasteiger partial charge on any atom is 0.241 e. The van der Waals surface area contributed by atoms with Gasteiger partial charge in [0.1, 0.15) is 5.75 Å². The molecule has 1 rings (SSSR count). The Morgan fingerprint density at radius 2 is 2.20 bits per heavy atom. The molecule has 15 heavy (non-hydrogen) atoms. The van der Waals surface area contributed by atoms with Gasteiger partial charge in [0.25, 0.3) is 0 Å². The second-order valence-corrected chi connectivity index (χ2v) is 3.23. The van der Waals surface area contributed by atoms with Crippen LogP contribution in [0.4, 0.5) is 5.69 Å². The summed E-state index contributed by atoms with van der Waals surface area (Å²) < 4.78 is 5.06. The van der Waals surface area contributed by atoms with Crippen LogP contribution in [0, 0.1) is 0 Å². The standard InChI is InChI=1S/C11H16N2O2/c1-8(12-2)11(14)13-9-5-4-6-10(7-9)15-3/h4-8,12H,1-3H3,(H,13,14). The number of hydrogen-bond donors (Lipinski definition) is 2. The molecule has 0 aliphatic carbocycles. The normalized spacial score (nSPS) is 11.9. The summed E-state index contributed by atoms with van der Waals surface area (Å²) in [5, 5.41) is 5.66. The first kappa shape index (κ1) is 11.5. The highest BCUT2D eigenvalue weighted by molar-refractivity contribution is 5.94. The number of ether oxygens (including phenoxy) is 1. The highest BCUT2D eigenvalue weighted by Crippen LogP contribution is 2.16. The van der Waals surface area contributed by atoms with Crippen molar-refractivity contribution in [3.63, 3.8) is 0 Å². The number of amides is 1. The van der Waals surface area contributed by atoms with Gasteiger partial charge in [-0.3, -0.25) is 4.79 Å². The summed E-state index contributed by atoms with van der Waals surface area (Å²) in [5.74, 6) is 0.663. The van der Waals surface area contributed by atoms with Gasteiger partial charge in [0.15, 0.2) is 0 Å². The molecule has 1 aromatic rings. The molecule has 0 saturated heterocycles. The van der Waals surface area contributed by atoms with Gasteiger partial charge in [-0.05, 0) is 26.1 Å². The largest absolute Gasteiger partial charge is 0.497 e. The molecule has 1 amide bonds. The highest BCUT2D eigenvalue weighted by atomic mass is 16.5. The number of benzene rings is 1. The van der Waals surface area contributed by atoms with Crippen molar-refractivity contribution in [1.82, 2.24) is 5.32 Å². The molecule has 0 aromatic heterocycles. The van der Waals surface area contributed by atoms with E-state index in [9.17, 15) is 4.79 Å². The lowest BCUT2D eigenvalue weighted by Gasteiger charge is -2.11. The molecule has 0 fully saturated rings. The van der Waals surface area contributed by atoms with Gasteiger partial charge in [-0.1, -0.05) is 6.07 Å². The van der Waals surface area contributed by atoms with Gasteiger partial charge in [-0.15, -0.1) is 0 Å². The van der Waals surface area contributed by atoms with Gasteiger partial charge in [0, 0.05) is 11.8 Å². The summed E-state index contributed by atoms with van der Waals surface area (Å²) in [6, 6.07) is 7.05. The van der Waals surface area contributed by atoms with Crippen molar-refractivity contribution in [3.8, 4) is 5.75 Å². The minimum absolute atomic E-state index is 0.0641. The van der Waals surface area contributed by atoms with Gasteiger partial charge >= 0.3 is 0 Å². The first-order valence-electron chi connectivity index (χ1n) is 4.79. The Morgan fingerprint density at radius 3 is 2.80 bits per heavy atom. The van der Waals surface area contributed by atoms with E-state index in [1.807, 2.05) is 18.2 Å². The van der Waals surface area contributed by atoms with E-state index in [-0.39, 0.29) is 11.9 Å². The monoisotopic (exact) mass is 208 g/mol. The number of likely N-dealkylation sites (N-methyl/N-ethyl adjacent to an activating group) is 1. The molecule has 1 unspecified atom stereocenters.